The summed E-state index contributed by atoms with van der Waals surface area (Å²) in [6.45, 7) is 9.98. The molecule has 0 aliphatic heterocycles. The molecule has 0 radical (unpaired) electrons. The number of amides is 2. The first-order valence-corrected chi connectivity index (χ1v) is 8.38. The molecule has 134 valence electrons. The number of anilines is 1. The van der Waals surface area contributed by atoms with Crippen LogP contribution in [-0.4, -0.2) is 42.5 Å². The van der Waals surface area contributed by atoms with Gasteiger partial charge in [0.1, 0.15) is 5.82 Å². The minimum Gasteiger partial charge on any atom is -0.357 e. The summed E-state index contributed by atoms with van der Waals surface area (Å²) in [6.07, 6.45) is 1.75. The maximum Gasteiger partial charge on any atom is 0.239 e. The molecule has 0 bridgehead atoms. The van der Waals surface area contributed by atoms with E-state index < -0.39 is 6.04 Å². The SMILES string of the molecule is CCN(CC)c1ccc(CNC(=O)CNC(=O)[C@@H](N)C(C)C)cn1. The molecule has 4 N–H and O–H groups in total. The number of hydrogen-bond donors (Lipinski definition) is 3. The Labute approximate surface area is 144 Å². The summed E-state index contributed by atoms with van der Waals surface area (Å²) in [5, 5.41) is 5.29. The first-order valence-electron chi connectivity index (χ1n) is 8.38. The van der Waals surface area contributed by atoms with Gasteiger partial charge in [0.2, 0.25) is 11.8 Å². The molecule has 1 aromatic heterocycles. The predicted molar refractivity (Wildman–Crippen MR) is 95.5 cm³/mol. The Morgan fingerprint density at radius 2 is 1.88 bits per heavy atom. The lowest BCUT2D eigenvalue weighted by atomic mass is 10.1. The number of nitrogens with two attached hydrogens (primary N) is 1. The molecule has 1 atom stereocenters. The van der Waals surface area contributed by atoms with Crippen molar-refractivity contribution in [3.63, 3.8) is 0 Å². The molecular weight excluding hydrogens is 306 g/mol. The van der Waals surface area contributed by atoms with Gasteiger partial charge >= 0.3 is 0 Å². The second kappa shape index (κ2) is 9.87. The number of nitrogens with zero attached hydrogens (tertiary/aromatic N) is 2. The lowest BCUT2D eigenvalue weighted by Crippen LogP contribution is -2.47. The summed E-state index contributed by atoms with van der Waals surface area (Å²) in [7, 11) is 0. The fourth-order valence-corrected chi connectivity index (χ4v) is 2.11. The van der Waals surface area contributed by atoms with Crippen molar-refractivity contribution < 1.29 is 9.59 Å². The van der Waals surface area contributed by atoms with Gasteiger partial charge in [-0.25, -0.2) is 4.98 Å². The van der Waals surface area contributed by atoms with E-state index in [4.69, 9.17) is 5.73 Å². The zero-order valence-corrected chi connectivity index (χ0v) is 15.0. The molecule has 0 saturated carbocycles. The number of hydrogen-bond acceptors (Lipinski definition) is 5. The third kappa shape index (κ3) is 6.16. The Kier molecular flexibility index (Phi) is 8.18. The van der Waals surface area contributed by atoms with E-state index >= 15 is 0 Å². The molecule has 0 spiro atoms. The standard InChI is InChI=1S/C17H29N5O2/c1-5-22(6-2)14-8-7-13(9-19-14)10-20-15(23)11-21-17(24)16(18)12(3)4/h7-9,12,16H,5-6,10-11,18H2,1-4H3,(H,20,23)(H,21,24)/t16-/m0/s1. The van der Waals surface area contributed by atoms with Gasteiger partial charge in [0.05, 0.1) is 12.6 Å². The van der Waals surface area contributed by atoms with E-state index in [9.17, 15) is 9.59 Å². The van der Waals surface area contributed by atoms with Crippen molar-refractivity contribution >= 4 is 17.6 Å². The minimum absolute atomic E-state index is 0.0310. The summed E-state index contributed by atoms with van der Waals surface area (Å²) < 4.78 is 0. The van der Waals surface area contributed by atoms with Gasteiger partial charge in [-0.05, 0) is 31.4 Å². The molecule has 0 aliphatic rings. The highest BCUT2D eigenvalue weighted by molar-refractivity contribution is 5.87. The van der Waals surface area contributed by atoms with Crippen LogP contribution < -0.4 is 21.3 Å². The molecule has 0 fully saturated rings. The molecule has 1 rings (SSSR count). The maximum absolute atomic E-state index is 11.8. The highest BCUT2D eigenvalue weighted by atomic mass is 16.2. The van der Waals surface area contributed by atoms with E-state index in [0.29, 0.717) is 6.54 Å². The van der Waals surface area contributed by atoms with Crippen molar-refractivity contribution in [2.45, 2.75) is 40.3 Å². The van der Waals surface area contributed by atoms with Crippen LogP contribution in [0.3, 0.4) is 0 Å². The Morgan fingerprint density at radius 1 is 1.21 bits per heavy atom. The summed E-state index contributed by atoms with van der Waals surface area (Å²) >= 11 is 0. The van der Waals surface area contributed by atoms with E-state index in [0.717, 1.165) is 24.5 Å². The highest BCUT2D eigenvalue weighted by Crippen LogP contribution is 2.10. The lowest BCUT2D eigenvalue weighted by molar-refractivity contribution is -0.127. The molecule has 1 aromatic rings. The van der Waals surface area contributed by atoms with Crippen LogP contribution in [0.2, 0.25) is 0 Å². The largest absolute Gasteiger partial charge is 0.357 e. The molecule has 7 nitrogen and oxygen atoms in total. The minimum atomic E-state index is -0.602. The van der Waals surface area contributed by atoms with Crippen LogP contribution in [0.15, 0.2) is 18.3 Å². The van der Waals surface area contributed by atoms with Gasteiger partial charge in [0, 0.05) is 25.8 Å². The molecule has 7 heteroatoms. The van der Waals surface area contributed by atoms with Crippen molar-refractivity contribution in [3.05, 3.63) is 23.9 Å². The summed E-state index contributed by atoms with van der Waals surface area (Å²) in [4.78, 5) is 30.0. The van der Waals surface area contributed by atoms with Crippen molar-refractivity contribution in [1.29, 1.82) is 0 Å². The van der Waals surface area contributed by atoms with Gasteiger partial charge < -0.3 is 21.3 Å². The predicted octanol–water partition coefficient (Wildman–Crippen LogP) is 0.644. The lowest BCUT2D eigenvalue weighted by Gasteiger charge is -2.19. The zero-order valence-electron chi connectivity index (χ0n) is 15.0. The van der Waals surface area contributed by atoms with Gasteiger partial charge in [0.15, 0.2) is 0 Å². The van der Waals surface area contributed by atoms with E-state index in [-0.39, 0.29) is 24.3 Å². The maximum atomic E-state index is 11.8. The number of pyridine rings is 1. The van der Waals surface area contributed by atoms with Crippen LogP contribution in [0.1, 0.15) is 33.3 Å². The smallest absolute Gasteiger partial charge is 0.239 e. The highest BCUT2D eigenvalue weighted by Gasteiger charge is 2.17. The zero-order chi connectivity index (χ0) is 18.1. The summed E-state index contributed by atoms with van der Waals surface area (Å²) in [6, 6.07) is 3.28. The monoisotopic (exact) mass is 335 g/mol. The molecule has 0 aromatic carbocycles. The second-order valence-electron chi connectivity index (χ2n) is 5.96. The van der Waals surface area contributed by atoms with Gasteiger partial charge in [-0.3, -0.25) is 9.59 Å². The van der Waals surface area contributed by atoms with Crippen molar-refractivity contribution in [1.82, 2.24) is 15.6 Å². The first-order chi connectivity index (χ1) is 11.4. The van der Waals surface area contributed by atoms with Gasteiger partial charge in [-0.2, -0.15) is 0 Å². The molecule has 2 amide bonds. The topological polar surface area (TPSA) is 100 Å². The van der Waals surface area contributed by atoms with Crippen LogP contribution in [0.25, 0.3) is 0 Å². The molecule has 0 unspecified atom stereocenters. The van der Waals surface area contributed by atoms with Crippen LogP contribution in [0, 0.1) is 5.92 Å². The van der Waals surface area contributed by atoms with E-state index in [1.165, 1.54) is 0 Å². The Hall–Kier alpha value is -2.15. The molecule has 0 aliphatic carbocycles. The average Bonchev–Trinajstić information content (AvgIpc) is 2.59. The normalized spacial score (nSPS) is 11.9. The van der Waals surface area contributed by atoms with E-state index in [1.807, 2.05) is 26.0 Å². The van der Waals surface area contributed by atoms with Gasteiger partial charge in [0.25, 0.3) is 0 Å². The fraction of sp³-hybridized carbons (Fsp3) is 0.588. The fourth-order valence-electron chi connectivity index (χ4n) is 2.11. The Morgan fingerprint density at radius 3 is 2.38 bits per heavy atom. The third-order valence-electron chi connectivity index (χ3n) is 3.83. The van der Waals surface area contributed by atoms with Crippen LogP contribution in [0.5, 0.6) is 0 Å². The van der Waals surface area contributed by atoms with E-state index in [2.05, 4.69) is 34.4 Å². The van der Waals surface area contributed by atoms with Gasteiger partial charge in [-0.15, -0.1) is 0 Å². The third-order valence-corrected chi connectivity index (χ3v) is 3.83. The number of aromatic nitrogens is 1. The second-order valence-corrected chi connectivity index (χ2v) is 5.96. The molecular formula is C17H29N5O2. The molecule has 1 heterocycles. The average molecular weight is 335 g/mol. The Balaban J connectivity index is 2.40. The van der Waals surface area contributed by atoms with Crippen LogP contribution in [0.4, 0.5) is 5.82 Å². The van der Waals surface area contributed by atoms with Crippen LogP contribution in [-0.2, 0) is 16.1 Å². The molecule has 0 saturated heterocycles. The van der Waals surface area contributed by atoms with Crippen LogP contribution >= 0.6 is 0 Å². The number of carbonyl (C=O) groups is 2. The van der Waals surface area contributed by atoms with Gasteiger partial charge in [-0.1, -0.05) is 19.9 Å². The quantitative estimate of drug-likeness (QED) is 0.615. The Bertz CT molecular complexity index is 526. The molecule has 24 heavy (non-hydrogen) atoms. The summed E-state index contributed by atoms with van der Waals surface area (Å²) in [5.41, 5.74) is 6.62. The first kappa shape index (κ1) is 19.9. The summed E-state index contributed by atoms with van der Waals surface area (Å²) in [5.74, 6) is 0.381. The van der Waals surface area contributed by atoms with Crippen molar-refractivity contribution in [3.8, 4) is 0 Å². The van der Waals surface area contributed by atoms with Crippen molar-refractivity contribution in [2.24, 2.45) is 11.7 Å². The number of carbonyl (C=O) groups excluding carboxylic acids is 2. The number of rotatable bonds is 9. The van der Waals surface area contributed by atoms with Crippen molar-refractivity contribution in [2.75, 3.05) is 24.5 Å². The van der Waals surface area contributed by atoms with E-state index in [1.54, 1.807) is 6.20 Å². The number of nitrogens with one attached hydrogen (secondary N) is 2.